The van der Waals surface area contributed by atoms with E-state index in [2.05, 4.69) is 17.2 Å². The summed E-state index contributed by atoms with van der Waals surface area (Å²) in [6, 6.07) is 11.3. The summed E-state index contributed by atoms with van der Waals surface area (Å²) in [5.74, 6) is 0.840. The minimum atomic E-state index is -0.132. The van der Waals surface area contributed by atoms with Crippen molar-refractivity contribution in [1.82, 2.24) is 4.98 Å². The molecule has 3 nitrogen and oxygen atoms in total. The number of carbonyl (C=O) groups is 1. The maximum absolute atomic E-state index is 12.0. The Labute approximate surface area is 111 Å². The fourth-order valence-corrected chi connectivity index (χ4v) is 2.30. The van der Waals surface area contributed by atoms with Crippen LogP contribution in [0.15, 0.2) is 53.7 Å². The molecule has 18 heavy (non-hydrogen) atoms. The van der Waals surface area contributed by atoms with Gasteiger partial charge >= 0.3 is 0 Å². The Morgan fingerprint density at radius 1 is 1.28 bits per heavy atom. The number of carbonyl (C=O) groups excluding carboxylic acids is 1. The normalized spacial score (nSPS) is 10.1. The molecular weight excluding hydrogens is 244 g/mol. The highest BCUT2D eigenvalue weighted by Crippen LogP contribution is 2.26. The van der Waals surface area contributed by atoms with Crippen molar-refractivity contribution in [3.8, 4) is 0 Å². The lowest BCUT2D eigenvalue weighted by atomic mass is 10.2. The Morgan fingerprint density at radius 2 is 2.11 bits per heavy atom. The highest BCUT2D eigenvalue weighted by Gasteiger charge is 2.08. The van der Waals surface area contributed by atoms with Crippen LogP contribution in [0.4, 0.5) is 5.69 Å². The third kappa shape index (κ3) is 3.11. The Kier molecular flexibility index (Phi) is 4.36. The number of anilines is 1. The SMILES string of the molecule is CCSc1ccccc1NC(=O)c1cccnc1. The average molecular weight is 258 g/mol. The predicted octanol–water partition coefficient (Wildman–Crippen LogP) is 3.45. The van der Waals surface area contributed by atoms with Gasteiger partial charge in [0.1, 0.15) is 0 Å². The summed E-state index contributed by atoms with van der Waals surface area (Å²) in [6.45, 7) is 2.09. The first kappa shape index (κ1) is 12.6. The first-order chi connectivity index (χ1) is 8.81. The number of para-hydroxylation sites is 1. The van der Waals surface area contributed by atoms with Crippen molar-refractivity contribution in [2.24, 2.45) is 0 Å². The first-order valence-corrected chi connectivity index (χ1v) is 6.73. The number of benzene rings is 1. The van der Waals surface area contributed by atoms with E-state index in [1.807, 2.05) is 24.3 Å². The summed E-state index contributed by atoms with van der Waals surface area (Å²) in [6.07, 6.45) is 3.21. The van der Waals surface area contributed by atoms with Crippen LogP contribution < -0.4 is 5.32 Å². The quantitative estimate of drug-likeness (QED) is 0.854. The molecule has 0 spiro atoms. The van der Waals surface area contributed by atoms with E-state index >= 15 is 0 Å². The van der Waals surface area contributed by atoms with Gasteiger partial charge in [-0.1, -0.05) is 19.1 Å². The van der Waals surface area contributed by atoms with Crippen molar-refractivity contribution in [2.75, 3.05) is 11.1 Å². The molecule has 0 unspecified atom stereocenters. The molecule has 0 aliphatic carbocycles. The minimum absolute atomic E-state index is 0.132. The molecule has 0 saturated carbocycles. The number of aromatic nitrogens is 1. The molecule has 4 heteroatoms. The van der Waals surface area contributed by atoms with Crippen molar-refractivity contribution in [2.45, 2.75) is 11.8 Å². The molecule has 1 amide bonds. The first-order valence-electron chi connectivity index (χ1n) is 5.74. The highest BCUT2D eigenvalue weighted by molar-refractivity contribution is 7.99. The van der Waals surface area contributed by atoms with Crippen molar-refractivity contribution < 1.29 is 4.79 Å². The fourth-order valence-electron chi connectivity index (χ4n) is 1.54. The van der Waals surface area contributed by atoms with Crippen LogP contribution in [0.2, 0.25) is 0 Å². The lowest BCUT2D eigenvalue weighted by Crippen LogP contribution is -2.12. The zero-order chi connectivity index (χ0) is 12.8. The average Bonchev–Trinajstić information content (AvgIpc) is 2.42. The molecule has 0 fully saturated rings. The van der Waals surface area contributed by atoms with Crippen LogP contribution in [0.5, 0.6) is 0 Å². The predicted molar refractivity (Wildman–Crippen MR) is 75.0 cm³/mol. The van der Waals surface area contributed by atoms with Gasteiger partial charge in [-0.15, -0.1) is 11.8 Å². The van der Waals surface area contributed by atoms with Gasteiger partial charge in [0.25, 0.3) is 5.91 Å². The Hall–Kier alpha value is -1.81. The van der Waals surface area contributed by atoms with E-state index in [1.165, 1.54) is 0 Å². The Balaban J connectivity index is 2.17. The van der Waals surface area contributed by atoms with Gasteiger partial charge in [0.05, 0.1) is 11.3 Å². The standard InChI is InChI=1S/C14H14N2OS/c1-2-18-13-8-4-3-7-12(13)16-14(17)11-6-5-9-15-10-11/h3-10H,2H2,1H3,(H,16,17). The molecule has 1 heterocycles. The molecule has 0 aliphatic rings. The summed E-state index contributed by atoms with van der Waals surface area (Å²) in [5, 5.41) is 2.91. The van der Waals surface area contributed by atoms with E-state index in [1.54, 1.807) is 36.3 Å². The van der Waals surface area contributed by atoms with E-state index in [4.69, 9.17) is 0 Å². The second-order valence-corrected chi connectivity index (χ2v) is 4.93. The molecule has 92 valence electrons. The van der Waals surface area contributed by atoms with Gasteiger partial charge in [0, 0.05) is 17.3 Å². The summed E-state index contributed by atoms with van der Waals surface area (Å²) in [7, 11) is 0. The van der Waals surface area contributed by atoms with E-state index < -0.39 is 0 Å². The van der Waals surface area contributed by atoms with Gasteiger partial charge in [-0.3, -0.25) is 9.78 Å². The monoisotopic (exact) mass is 258 g/mol. The number of nitrogens with one attached hydrogen (secondary N) is 1. The molecule has 1 N–H and O–H groups in total. The van der Waals surface area contributed by atoms with Gasteiger partial charge in [0.15, 0.2) is 0 Å². The largest absolute Gasteiger partial charge is 0.321 e. The molecule has 0 aliphatic heterocycles. The summed E-state index contributed by atoms with van der Waals surface area (Å²) < 4.78 is 0. The molecule has 0 bridgehead atoms. The second-order valence-electron chi connectivity index (χ2n) is 3.62. The molecule has 0 radical (unpaired) electrons. The number of amides is 1. The molecule has 2 rings (SSSR count). The zero-order valence-corrected chi connectivity index (χ0v) is 10.9. The minimum Gasteiger partial charge on any atom is -0.321 e. The van der Waals surface area contributed by atoms with Crippen molar-refractivity contribution >= 4 is 23.4 Å². The topological polar surface area (TPSA) is 42.0 Å². The van der Waals surface area contributed by atoms with Gasteiger partial charge in [-0.25, -0.2) is 0 Å². The number of thioether (sulfide) groups is 1. The Bertz CT molecular complexity index is 528. The molecule has 2 aromatic rings. The van der Waals surface area contributed by atoms with Crippen LogP contribution >= 0.6 is 11.8 Å². The molecule has 1 aromatic heterocycles. The maximum atomic E-state index is 12.0. The van der Waals surface area contributed by atoms with Gasteiger partial charge in [-0.2, -0.15) is 0 Å². The zero-order valence-electron chi connectivity index (χ0n) is 10.1. The number of pyridine rings is 1. The number of hydrogen-bond acceptors (Lipinski definition) is 3. The van der Waals surface area contributed by atoms with Crippen LogP contribution in [0.25, 0.3) is 0 Å². The van der Waals surface area contributed by atoms with Crippen LogP contribution in [0.3, 0.4) is 0 Å². The Morgan fingerprint density at radius 3 is 2.83 bits per heavy atom. The van der Waals surface area contributed by atoms with E-state index in [9.17, 15) is 4.79 Å². The van der Waals surface area contributed by atoms with E-state index in [0.29, 0.717) is 5.56 Å². The van der Waals surface area contributed by atoms with Crippen LogP contribution in [-0.4, -0.2) is 16.6 Å². The van der Waals surface area contributed by atoms with Gasteiger partial charge in [-0.05, 0) is 30.0 Å². The van der Waals surface area contributed by atoms with Gasteiger partial charge < -0.3 is 5.32 Å². The molecule has 0 atom stereocenters. The maximum Gasteiger partial charge on any atom is 0.257 e. The molecule has 0 saturated heterocycles. The van der Waals surface area contributed by atoms with Crippen LogP contribution in [0, 0.1) is 0 Å². The number of rotatable bonds is 4. The molecular formula is C14H14N2OS. The van der Waals surface area contributed by atoms with E-state index in [0.717, 1.165) is 16.3 Å². The third-order valence-electron chi connectivity index (χ3n) is 2.36. The van der Waals surface area contributed by atoms with Crippen LogP contribution in [0.1, 0.15) is 17.3 Å². The number of nitrogens with zero attached hydrogens (tertiary/aromatic N) is 1. The smallest absolute Gasteiger partial charge is 0.257 e. The lowest BCUT2D eigenvalue weighted by molar-refractivity contribution is 0.102. The summed E-state index contributed by atoms with van der Waals surface area (Å²) >= 11 is 1.71. The summed E-state index contributed by atoms with van der Waals surface area (Å²) in [4.78, 5) is 17.0. The van der Waals surface area contributed by atoms with Gasteiger partial charge in [0.2, 0.25) is 0 Å². The van der Waals surface area contributed by atoms with Crippen molar-refractivity contribution in [1.29, 1.82) is 0 Å². The molecule has 1 aromatic carbocycles. The van der Waals surface area contributed by atoms with Crippen molar-refractivity contribution in [3.05, 3.63) is 54.4 Å². The van der Waals surface area contributed by atoms with E-state index in [-0.39, 0.29) is 5.91 Å². The highest BCUT2D eigenvalue weighted by atomic mass is 32.2. The third-order valence-corrected chi connectivity index (χ3v) is 3.31. The second kappa shape index (κ2) is 6.21. The number of hydrogen-bond donors (Lipinski definition) is 1. The fraction of sp³-hybridized carbons (Fsp3) is 0.143. The van der Waals surface area contributed by atoms with Crippen molar-refractivity contribution in [3.63, 3.8) is 0 Å². The lowest BCUT2D eigenvalue weighted by Gasteiger charge is -2.09. The summed E-state index contributed by atoms with van der Waals surface area (Å²) in [5.41, 5.74) is 1.41. The van der Waals surface area contributed by atoms with Crippen LogP contribution in [-0.2, 0) is 0 Å².